The predicted octanol–water partition coefficient (Wildman–Crippen LogP) is 4.68. The second kappa shape index (κ2) is 4.74. The van der Waals surface area contributed by atoms with Gasteiger partial charge in [-0.3, -0.25) is 4.57 Å². The lowest BCUT2D eigenvalue weighted by atomic mass is 10.2. The molecule has 0 bridgehead atoms. The number of ether oxygens (including phenoxy) is 1. The number of carbonyl (C=O) groups is 1. The number of rotatable bonds is 0. The van der Waals surface area contributed by atoms with E-state index in [0.29, 0.717) is 5.02 Å². The van der Waals surface area contributed by atoms with Crippen LogP contribution in [0.2, 0.25) is 5.02 Å². The Morgan fingerprint density at radius 2 is 2.06 bits per heavy atom. The van der Waals surface area contributed by atoms with Gasteiger partial charge in [-0.05, 0) is 55.5 Å². The van der Waals surface area contributed by atoms with Crippen LogP contribution in [0.4, 0.5) is 4.79 Å². The zero-order valence-corrected chi connectivity index (χ0v) is 13.2. The molecule has 96 valence electrons. The fraction of sp³-hybridized carbons (Fsp3) is 0.308. The number of nitrogens with zero attached hydrogens (tertiary/aromatic N) is 1. The third kappa shape index (κ3) is 2.80. The molecule has 0 aliphatic carbocycles. The molecule has 0 saturated heterocycles. The fourth-order valence-corrected chi connectivity index (χ4v) is 2.52. The smallest absolute Gasteiger partial charge is 0.419 e. The van der Waals surface area contributed by atoms with E-state index in [1.165, 1.54) is 4.57 Å². The van der Waals surface area contributed by atoms with Crippen LogP contribution in [0.15, 0.2) is 24.4 Å². The zero-order chi connectivity index (χ0) is 13.5. The van der Waals surface area contributed by atoms with Crippen LogP contribution in [0.3, 0.4) is 0 Å². The lowest BCUT2D eigenvalue weighted by Gasteiger charge is -2.19. The summed E-state index contributed by atoms with van der Waals surface area (Å²) in [6.07, 6.45) is 1.37. The molecule has 0 N–H and O–H groups in total. The molecule has 3 nitrogen and oxygen atoms in total. The summed E-state index contributed by atoms with van der Waals surface area (Å²) >= 11 is 8.16. The molecule has 0 spiro atoms. The molecule has 5 heteroatoms. The van der Waals surface area contributed by atoms with Crippen molar-refractivity contribution in [2.45, 2.75) is 26.4 Å². The van der Waals surface area contributed by atoms with Gasteiger partial charge in [0.15, 0.2) is 0 Å². The Morgan fingerprint density at radius 3 is 2.67 bits per heavy atom. The molecule has 0 aliphatic heterocycles. The van der Waals surface area contributed by atoms with E-state index in [0.717, 1.165) is 14.5 Å². The molecular formula is C13H13ClINO2. The summed E-state index contributed by atoms with van der Waals surface area (Å²) in [5.74, 6) is 0. The van der Waals surface area contributed by atoms with E-state index in [1.54, 1.807) is 12.3 Å². The number of benzene rings is 1. The maximum absolute atomic E-state index is 12.1. The molecule has 1 aromatic heterocycles. The number of hydrogen-bond donors (Lipinski definition) is 0. The average Bonchev–Trinajstić information content (AvgIpc) is 2.53. The number of fused-ring (bicyclic) bond motifs is 1. The van der Waals surface area contributed by atoms with Gasteiger partial charge in [-0.1, -0.05) is 17.7 Å². The Morgan fingerprint density at radius 1 is 1.39 bits per heavy atom. The van der Waals surface area contributed by atoms with E-state index in [9.17, 15) is 4.79 Å². The molecule has 1 heterocycles. The summed E-state index contributed by atoms with van der Waals surface area (Å²) in [6, 6.07) is 5.48. The van der Waals surface area contributed by atoms with Gasteiger partial charge >= 0.3 is 6.09 Å². The Labute approximate surface area is 124 Å². The van der Waals surface area contributed by atoms with Crippen LogP contribution in [-0.4, -0.2) is 16.3 Å². The van der Waals surface area contributed by atoms with Crippen molar-refractivity contribution in [3.05, 3.63) is 33.0 Å². The number of aromatic nitrogens is 1. The van der Waals surface area contributed by atoms with Crippen LogP contribution in [0.25, 0.3) is 10.9 Å². The molecule has 2 rings (SSSR count). The minimum absolute atomic E-state index is 0.391. The van der Waals surface area contributed by atoms with Crippen molar-refractivity contribution in [1.82, 2.24) is 4.57 Å². The standard InChI is InChI=1S/C13H13ClINO2/c1-13(2,3)18-12(17)16-7-10(15)9-5-4-8(14)6-11(9)16/h4-7H,1-3H3. The maximum Gasteiger partial charge on any atom is 0.419 e. The quantitative estimate of drug-likeness (QED) is 0.624. The summed E-state index contributed by atoms with van der Waals surface area (Å²) in [5.41, 5.74) is 0.249. The van der Waals surface area contributed by atoms with E-state index in [2.05, 4.69) is 22.6 Å². The monoisotopic (exact) mass is 377 g/mol. The van der Waals surface area contributed by atoms with Crippen LogP contribution >= 0.6 is 34.2 Å². The predicted molar refractivity (Wildman–Crippen MR) is 81.3 cm³/mol. The van der Waals surface area contributed by atoms with Crippen molar-refractivity contribution in [2.24, 2.45) is 0 Å². The van der Waals surface area contributed by atoms with Gasteiger partial charge in [0.25, 0.3) is 0 Å². The third-order valence-corrected chi connectivity index (χ3v) is 3.40. The molecule has 2 aromatic rings. The molecular weight excluding hydrogens is 365 g/mol. The highest BCUT2D eigenvalue weighted by Crippen LogP contribution is 2.26. The first-order valence-corrected chi connectivity index (χ1v) is 6.93. The van der Waals surface area contributed by atoms with Crippen molar-refractivity contribution in [3.8, 4) is 0 Å². The SMILES string of the molecule is CC(C)(C)OC(=O)n1cc(I)c2ccc(Cl)cc21. The van der Waals surface area contributed by atoms with Gasteiger partial charge in [-0.15, -0.1) is 0 Å². The molecule has 0 fully saturated rings. The van der Waals surface area contributed by atoms with E-state index >= 15 is 0 Å². The molecule has 1 aromatic carbocycles. The summed E-state index contributed by atoms with van der Waals surface area (Å²) in [4.78, 5) is 12.1. The first kappa shape index (κ1) is 13.7. The van der Waals surface area contributed by atoms with Crippen LogP contribution < -0.4 is 0 Å². The highest BCUT2D eigenvalue weighted by atomic mass is 127. The lowest BCUT2D eigenvalue weighted by Crippen LogP contribution is -2.26. The lowest BCUT2D eigenvalue weighted by molar-refractivity contribution is 0.0544. The van der Waals surface area contributed by atoms with Crippen molar-refractivity contribution in [3.63, 3.8) is 0 Å². The van der Waals surface area contributed by atoms with Crippen molar-refractivity contribution in [2.75, 3.05) is 0 Å². The normalized spacial score (nSPS) is 11.8. The first-order chi connectivity index (χ1) is 8.28. The molecule has 0 unspecified atom stereocenters. The van der Waals surface area contributed by atoms with E-state index in [4.69, 9.17) is 16.3 Å². The Bertz CT molecular complexity index is 613. The molecule has 0 saturated carbocycles. The van der Waals surface area contributed by atoms with Crippen molar-refractivity contribution >= 4 is 51.2 Å². The second-order valence-electron chi connectivity index (χ2n) is 4.99. The molecule has 0 radical (unpaired) electrons. The van der Waals surface area contributed by atoms with Gasteiger partial charge in [-0.25, -0.2) is 4.79 Å². The average molecular weight is 378 g/mol. The van der Waals surface area contributed by atoms with Gasteiger partial charge in [0.2, 0.25) is 0 Å². The minimum Gasteiger partial charge on any atom is -0.443 e. The largest absolute Gasteiger partial charge is 0.443 e. The van der Waals surface area contributed by atoms with Gasteiger partial charge in [0, 0.05) is 20.2 Å². The Balaban J connectivity index is 2.51. The Hall–Kier alpha value is -0.750. The number of carbonyl (C=O) groups excluding carboxylic acids is 1. The molecule has 0 atom stereocenters. The van der Waals surface area contributed by atoms with Crippen LogP contribution in [0, 0.1) is 3.57 Å². The van der Waals surface area contributed by atoms with E-state index in [-0.39, 0.29) is 0 Å². The van der Waals surface area contributed by atoms with Crippen molar-refractivity contribution in [1.29, 1.82) is 0 Å². The van der Waals surface area contributed by atoms with Gasteiger partial charge in [0.05, 0.1) is 5.52 Å². The van der Waals surface area contributed by atoms with Crippen LogP contribution in [0.5, 0.6) is 0 Å². The second-order valence-corrected chi connectivity index (χ2v) is 6.59. The van der Waals surface area contributed by atoms with Gasteiger partial charge < -0.3 is 4.74 Å². The fourth-order valence-electron chi connectivity index (χ4n) is 1.62. The van der Waals surface area contributed by atoms with E-state index < -0.39 is 11.7 Å². The summed E-state index contributed by atoms with van der Waals surface area (Å²) in [7, 11) is 0. The Kier molecular flexibility index (Phi) is 3.60. The molecule has 0 aliphatic rings. The van der Waals surface area contributed by atoms with Crippen LogP contribution in [0.1, 0.15) is 20.8 Å². The van der Waals surface area contributed by atoms with Crippen LogP contribution in [-0.2, 0) is 4.74 Å². The number of hydrogen-bond acceptors (Lipinski definition) is 2. The highest BCUT2D eigenvalue weighted by molar-refractivity contribution is 14.1. The summed E-state index contributed by atoms with van der Waals surface area (Å²) < 4.78 is 7.85. The van der Waals surface area contributed by atoms with Gasteiger partial charge in [0.1, 0.15) is 5.60 Å². The van der Waals surface area contributed by atoms with Crippen molar-refractivity contribution < 1.29 is 9.53 Å². The first-order valence-electron chi connectivity index (χ1n) is 5.47. The summed E-state index contributed by atoms with van der Waals surface area (Å²) in [5, 5.41) is 1.59. The minimum atomic E-state index is -0.516. The zero-order valence-electron chi connectivity index (χ0n) is 10.3. The van der Waals surface area contributed by atoms with E-state index in [1.807, 2.05) is 32.9 Å². The molecule has 0 amide bonds. The highest BCUT2D eigenvalue weighted by Gasteiger charge is 2.20. The maximum atomic E-state index is 12.1. The topological polar surface area (TPSA) is 31.2 Å². The van der Waals surface area contributed by atoms with Gasteiger partial charge in [-0.2, -0.15) is 0 Å². The number of halogens is 2. The summed E-state index contributed by atoms with van der Waals surface area (Å²) in [6.45, 7) is 5.53. The third-order valence-electron chi connectivity index (χ3n) is 2.31. The molecule has 18 heavy (non-hydrogen) atoms.